The van der Waals surface area contributed by atoms with E-state index >= 15 is 0 Å². The van der Waals surface area contributed by atoms with Crippen LogP contribution in [0.1, 0.15) is 26.7 Å². The summed E-state index contributed by atoms with van der Waals surface area (Å²) in [6, 6.07) is 0. The van der Waals surface area contributed by atoms with E-state index in [2.05, 4.69) is 0 Å². The van der Waals surface area contributed by atoms with Gasteiger partial charge in [-0.2, -0.15) is 0 Å². The zero-order valence-electron chi connectivity index (χ0n) is 13.8. The molecule has 8 unspecified atom stereocenters. The van der Waals surface area contributed by atoms with Gasteiger partial charge in [-0.15, -0.1) is 0 Å². The SMILES string of the molecule is CC1(C)C2CC(=O)C(O)(COC3OC(CO)C(O)C(O)C3O)C1C2. The van der Waals surface area contributed by atoms with E-state index in [9.17, 15) is 30.3 Å². The van der Waals surface area contributed by atoms with E-state index < -0.39 is 42.9 Å². The van der Waals surface area contributed by atoms with Gasteiger partial charge >= 0.3 is 0 Å². The van der Waals surface area contributed by atoms with Crippen LogP contribution in [-0.4, -0.2) is 80.8 Å². The summed E-state index contributed by atoms with van der Waals surface area (Å²) in [6.07, 6.45) is -5.98. The number of ketones is 1. The maximum Gasteiger partial charge on any atom is 0.186 e. The summed E-state index contributed by atoms with van der Waals surface area (Å²) in [5.74, 6) is -0.253. The van der Waals surface area contributed by atoms with Gasteiger partial charge in [0.05, 0.1) is 13.2 Å². The molecule has 0 aromatic rings. The molecule has 8 nitrogen and oxygen atoms in total. The summed E-state index contributed by atoms with van der Waals surface area (Å²) in [5, 5.41) is 49.5. The molecular formula is C16H26O8. The van der Waals surface area contributed by atoms with Crippen LogP contribution >= 0.6 is 0 Å². The average molecular weight is 346 g/mol. The molecule has 5 N–H and O–H groups in total. The molecule has 0 spiro atoms. The van der Waals surface area contributed by atoms with Crippen molar-refractivity contribution in [2.24, 2.45) is 17.3 Å². The Kier molecular flexibility index (Phi) is 4.53. The molecular weight excluding hydrogens is 320 g/mol. The molecule has 138 valence electrons. The van der Waals surface area contributed by atoms with Crippen molar-refractivity contribution in [1.29, 1.82) is 0 Å². The van der Waals surface area contributed by atoms with Crippen LogP contribution < -0.4 is 0 Å². The zero-order valence-corrected chi connectivity index (χ0v) is 13.8. The quantitative estimate of drug-likeness (QED) is 0.401. The van der Waals surface area contributed by atoms with E-state index in [-0.39, 0.29) is 36.1 Å². The molecule has 2 bridgehead atoms. The number of carbonyl (C=O) groups excluding carboxylic acids is 1. The summed E-state index contributed by atoms with van der Waals surface area (Å²) in [4.78, 5) is 12.3. The Morgan fingerprint density at radius 1 is 1.21 bits per heavy atom. The number of Topliss-reactive ketones (excluding diaryl/α,β-unsaturated/α-hetero) is 1. The number of ether oxygens (including phenoxy) is 2. The van der Waals surface area contributed by atoms with Crippen LogP contribution in [0.3, 0.4) is 0 Å². The van der Waals surface area contributed by atoms with Crippen LogP contribution in [0.4, 0.5) is 0 Å². The first kappa shape index (κ1) is 18.2. The summed E-state index contributed by atoms with van der Waals surface area (Å²) < 4.78 is 10.7. The first-order chi connectivity index (χ1) is 11.1. The van der Waals surface area contributed by atoms with Crippen molar-refractivity contribution in [1.82, 2.24) is 0 Å². The molecule has 0 aromatic carbocycles. The predicted molar refractivity (Wildman–Crippen MR) is 79.7 cm³/mol. The molecule has 4 rings (SSSR count). The second-order valence-electron chi connectivity index (χ2n) is 7.87. The van der Waals surface area contributed by atoms with Gasteiger partial charge in [-0.25, -0.2) is 0 Å². The minimum Gasteiger partial charge on any atom is -0.394 e. The third-order valence-electron chi connectivity index (χ3n) is 6.28. The van der Waals surface area contributed by atoms with Gasteiger partial charge in [0.15, 0.2) is 12.1 Å². The van der Waals surface area contributed by atoms with Crippen molar-refractivity contribution in [3.8, 4) is 0 Å². The van der Waals surface area contributed by atoms with Crippen LogP contribution in [0.5, 0.6) is 0 Å². The number of rotatable bonds is 4. The van der Waals surface area contributed by atoms with Crippen LogP contribution in [0.2, 0.25) is 0 Å². The lowest BCUT2D eigenvalue weighted by Crippen LogP contribution is -2.68. The second-order valence-corrected chi connectivity index (χ2v) is 7.87. The highest BCUT2D eigenvalue weighted by Crippen LogP contribution is 2.61. The predicted octanol–water partition coefficient (Wildman–Crippen LogP) is -1.83. The highest BCUT2D eigenvalue weighted by Gasteiger charge is 2.65. The Bertz CT molecular complexity index is 506. The third-order valence-corrected chi connectivity index (χ3v) is 6.28. The third kappa shape index (κ3) is 2.52. The molecule has 1 aliphatic heterocycles. The van der Waals surface area contributed by atoms with Crippen LogP contribution in [0.15, 0.2) is 0 Å². The molecule has 4 aliphatic rings. The number of fused-ring (bicyclic) bond motifs is 2. The standard InChI is InChI=1S/C16H26O8/c1-15(2)7-3-9(15)16(22,10(18)4-7)6-23-14-13(21)12(20)11(19)8(5-17)24-14/h7-9,11-14,17,19-22H,3-6H2,1-2H3. The summed E-state index contributed by atoms with van der Waals surface area (Å²) in [6.45, 7) is 3.09. The van der Waals surface area contributed by atoms with Gasteiger partial charge in [0.2, 0.25) is 0 Å². The van der Waals surface area contributed by atoms with Crippen molar-refractivity contribution < 1.29 is 39.8 Å². The number of aliphatic hydroxyl groups excluding tert-OH is 4. The fourth-order valence-corrected chi connectivity index (χ4v) is 4.36. The van der Waals surface area contributed by atoms with Gasteiger partial charge in [-0.05, 0) is 17.8 Å². The zero-order chi connectivity index (χ0) is 17.9. The fourth-order valence-electron chi connectivity index (χ4n) is 4.36. The Labute approximate surface area is 140 Å². The lowest BCUT2D eigenvalue weighted by atomic mass is 9.44. The van der Waals surface area contributed by atoms with E-state index in [4.69, 9.17) is 9.47 Å². The van der Waals surface area contributed by atoms with Gasteiger partial charge < -0.3 is 35.0 Å². The van der Waals surface area contributed by atoms with Gasteiger partial charge in [0.1, 0.15) is 30.0 Å². The first-order valence-electron chi connectivity index (χ1n) is 8.30. The highest BCUT2D eigenvalue weighted by atomic mass is 16.7. The molecule has 3 aliphatic carbocycles. The number of carbonyl (C=O) groups is 1. The van der Waals surface area contributed by atoms with E-state index in [0.717, 1.165) is 6.42 Å². The van der Waals surface area contributed by atoms with Crippen molar-refractivity contribution >= 4 is 5.78 Å². The molecule has 8 heteroatoms. The average Bonchev–Trinajstić information content (AvgIpc) is 2.54. The second kappa shape index (κ2) is 5.98. The van der Waals surface area contributed by atoms with Gasteiger partial charge in [-0.3, -0.25) is 4.79 Å². The molecule has 0 radical (unpaired) electrons. The molecule has 8 atom stereocenters. The number of hydrogen-bond donors (Lipinski definition) is 5. The van der Waals surface area contributed by atoms with E-state index in [1.165, 1.54) is 0 Å². The van der Waals surface area contributed by atoms with Gasteiger partial charge in [0.25, 0.3) is 0 Å². The lowest BCUT2D eigenvalue weighted by Gasteiger charge is -2.62. The maximum absolute atomic E-state index is 12.3. The normalized spacial score (nSPS) is 50.5. The Morgan fingerprint density at radius 2 is 1.88 bits per heavy atom. The van der Waals surface area contributed by atoms with Crippen molar-refractivity contribution in [3.63, 3.8) is 0 Å². The Balaban J connectivity index is 1.69. The van der Waals surface area contributed by atoms with Crippen LogP contribution in [0.25, 0.3) is 0 Å². The maximum atomic E-state index is 12.3. The number of hydrogen-bond acceptors (Lipinski definition) is 8. The molecule has 0 aromatic heterocycles. The molecule has 1 saturated heterocycles. The molecule has 1 heterocycles. The summed E-state index contributed by atoms with van der Waals surface area (Å²) in [5.41, 5.74) is -1.82. The molecule has 4 fully saturated rings. The van der Waals surface area contributed by atoms with E-state index in [1.54, 1.807) is 0 Å². The van der Waals surface area contributed by atoms with Crippen molar-refractivity contribution in [2.75, 3.05) is 13.2 Å². The lowest BCUT2D eigenvalue weighted by molar-refractivity contribution is -0.314. The largest absolute Gasteiger partial charge is 0.394 e. The number of aliphatic hydroxyl groups is 5. The molecule has 0 amide bonds. The minimum absolute atomic E-state index is 0.165. The van der Waals surface area contributed by atoms with Crippen LogP contribution in [-0.2, 0) is 14.3 Å². The molecule has 24 heavy (non-hydrogen) atoms. The minimum atomic E-state index is -1.66. The van der Waals surface area contributed by atoms with Crippen molar-refractivity contribution in [2.45, 2.75) is 63.0 Å². The smallest absolute Gasteiger partial charge is 0.186 e. The highest BCUT2D eigenvalue weighted by molar-refractivity contribution is 5.90. The molecule has 3 saturated carbocycles. The Hall–Kier alpha value is -0.610. The summed E-state index contributed by atoms with van der Waals surface area (Å²) >= 11 is 0. The Morgan fingerprint density at radius 3 is 2.46 bits per heavy atom. The monoisotopic (exact) mass is 346 g/mol. The van der Waals surface area contributed by atoms with Crippen LogP contribution in [0, 0.1) is 17.3 Å². The van der Waals surface area contributed by atoms with Gasteiger partial charge in [0, 0.05) is 12.3 Å². The first-order valence-corrected chi connectivity index (χ1v) is 8.30. The fraction of sp³-hybridized carbons (Fsp3) is 0.938. The van der Waals surface area contributed by atoms with E-state index in [1.807, 2.05) is 13.8 Å². The summed E-state index contributed by atoms with van der Waals surface area (Å²) in [7, 11) is 0. The van der Waals surface area contributed by atoms with Crippen molar-refractivity contribution in [3.05, 3.63) is 0 Å². The topological polar surface area (TPSA) is 137 Å². The van der Waals surface area contributed by atoms with E-state index in [0.29, 0.717) is 0 Å². The van der Waals surface area contributed by atoms with Gasteiger partial charge in [-0.1, -0.05) is 13.8 Å².